The third-order valence-corrected chi connectivity index (χ3v) is 3.80. The molecule has 1 atom stereocenters. The summed E-state index contributed by atoms with van der Waals surface area (Å²) in [6.07, 6.45) is 4.24. The number of aromatic nitrogens is 1. The molecule has 1 fully saturated rings. The normalized spacial score (nSPS) is 18.4. The van der Waals surface area contributed by atoms with E-state index in [0.717, 1.165) is 26.1 Å². The minimum atomic E-state index is -0.250. The molecule has 1 saturated heterocycles. The molecule has 130 valence electrons. The first kappa shape index (κ1) is 19.2. The quantitative estimate of drug-likeness (QED) is 0.698. The predicted molar refractivity (Wildman–Crippen MR) is 87.3 cm³/mol. The summed E-state index contributed by atoms with van der Waals surface area (Å²) in [5.41, 5.74) is 0.713. The van der Waals surface area contributed by atoms with Gasteiger partial charge >= 0.3 is 0 Å². The molecule has 0 aliphatic carbocycles. The van der Waals surface area contributed by atoms with Gasteiger partial charge in [0, 0.05) is 51.2 Å². The highest BCUT2D eigenvalue weighted by Gasteiger charge is 2.29. The molecule has 7 heteroatoms. The predicted octanol–water partition coefficient (Wildman–Crippen LogP) is 0.880. The minimum Gasteiger partial charge on any atom is -0.483 e. The standard InChI is InChI=1S/C15H25N3O2.CH2O2/c1-12(2)10-17-6-7-18(11-14(17)4-8-19)15(20)13-3-5-16-9-13;2-1-3/h3,5,9,12,14,16,19H,4,6-8,10-11H2,1-2H3;1H,(H,2,3). The summed E-state index contributed by atoms with van der Waals surface area (Å²) in [7, 11) is 0. The van der Waals surface area contributed by atoms with E-state index in [9.17, 15) is 9.90 Å². The van der Waals surface area contributed by atoms with Gasteiger partial charge in [-0.3, -0.25) is 14.5 Å². The van der Waals surface area contributed by atoms with Gasteiger partial charge in [-0.25, -0.2) is 0 Å². The van der Waals surface area contributed by atoms with Crippen LogP contribution >= 0.6 is 0 Å². The number of hydrogen-bond donors (Lipinski definition) is 3. The van der Waals surface area contributed by atoms with Crippen molar-refractivity contribution in [2.45, 2.75) is 26.3 Å². The Labute approximate surface area is 136 Å². The molecule has 23 heavy (non-hydrogen) atoms. The van der Waals surface area contributed by atoms with E-state index in [2.05, 4.69) is 23.7 Å². The Morgan fingerprint density at radius 2 is 2.17 bits per heavy atom. The van der Waals surface area contributed by atoms with Crippen LogP contribution in [0.4, 0.5) is 0 Å². The molecule has 0 spiro atoms. The first-order valence-corrected chi connectivity index (χ1v) is 7.88. The highest BCUT2D eigenvalue weighted by molar-refractivity contribution is 5.94. The summed E-state index contributed by atoms with van der Waals surface area (Å²) < 4.78 is 0. The third-order valence-electron chi connectivity index (χ3n) is 3.80. The molecule has 1 aromatic rings. The third kappa shape index (κ3) is 6.03. The summed E-state index contributed by atoms with van der Waals surface area (Å²) in [5.74, 6) is 0.682. The number of aliphatic hydroxyl groups excluding tert-OH is 1. The number of H-pyrrole nitrogens is 1. The van der Waals surface area contributed by atoms with E-state index in [0.29, 0.717) is 18.0 Å². The van der Waals surface area contributed by atoms with E-state index in [1.165, 1.54) is 0 Å². The number of carbonyl (C=O) groups is 2. The molecule has 3 N–H and O–H groups in total. The van der Waals surface area contributed by atoms with Crippen molar-refractivity contribution in [3.05, 3.63) is 24.0 Å². The van der Waals surface area contributed by atoms with E-state index >= 15 is 0 Å². The fraction of sp³-hybridized carbons (Fsp3) is 0.625. The topological polar surface area (TPSA) is 96.9 Å². The SMILES string of the molecule is CC(C)CN1CCN(C(=O)c2cc[nH]c2)CC1CCO.O=CO. The van der Waals surface area contributed by atoms with Gasteiger partial charge in [0.25, 0.3) is 12.4 Å². The fourth-order valence-corrected chi connectivity index (χ4v) is 2.85. The molecule has 0 radical (unpaired) electrons. The molecule has 1 unspecified atom stereocenters. The Kier molecular flexibility index (Phi) is 8.36. The van der Waals surface area contributed by atoms with Crippen molar-refractivity contribution in [2.75, 3.05) is 32.8 Å². The summed E-state index contributed by atoms with van der Waals surface area (Å²) in [6, 6.07) is 2.07. The van der Waals surface area contributed by atoms with Crippen molar-refractivity contribution in [2.24, 2.45) is 5.92 Å². The molecular formula is C16H27N3O4. The molecule has 0 bridgehead atoms. The van der Waals surface area contributed by atoms with E-state index in [1.807, 2.05) is 11.0 Å². The second-order valence-electron chi connectivity index (χ2n) is 6.01. The van der Waals surface area contributed by atoms with Crippen LogP contribution in [0, 0.1) is 5.92 Å². The fourth-order valence-electron chi connectivity index (χ4n) is 2.85. The highest BCUT2D eigenvalue weighted by atomic mass is 16.3. The van der Waals surface area contributed by atoms with Gasteiger partial charge in [-0.05, 0) is 18.4 Å². The van der Waals surface area contributed by atoms with E-state index in [4.69, 9.17) is 9.90 Å². The van der Waals surface area contributed by atoms with Crippen molar-refractivity contribution in [1.29, 1.82) is 0 Å². The smallest absolute Gasteiger partial charge is 0.290 e. The molecular weight excluding hydrogens is 298 g/mol. The average Bonchev–Trinajstić information content (AvgIpc) is 3.03. The van der Waals surface area contributed by atoms with Gasteiger partial charge in [-0.15, -0.1) is 0 Å². The van der Waals surface area contributed by atoms with Crippen molar-refractivity contribution in [3.8, 4) is 0 Å². The van der Waals surface area contributed by atoms with Gasteiger partial charge < -0.3 is 20.1 Å². The number of piperazine rings is 1. The molecule has 2 rings (SSSR count). The first-order chi connectivity index (χ1) is 11.0. The van der Waals surface area contributed by atoms with Gasteiger partial charge in [0.1, 0.15) is 0 Å². The van der Waals surface area contributed by atoms with Crippen LogP contribution in [-0.4, -0.2) is 76.2 Å². The maximum atomic E-state index is 12.4. The summed E-state index contributed by atoms with van der Waals surface area (Å²) >= 11 is 0. The molecule has 0 aromatic carbocycles. The van der Waals surface area contributed by atoms with Crippen LogP contribution in [0.5, 0.6) is 0 Å². The van der Waals surface area contributed by atoms with E-state index in [-0.39, 0.29) is 25.0 Å². The van der Waals surface area contributed by atoms with Crippen molar-refractivity contribution in [3.63, 3.8) is 0 Å². The Balaban J connectivity index is 0.000000816. The zero-order chi connectivity index (χ0) is 17.2. The second kappa shape index (κ2) is 10.0. The number of rotatable bonds is 5. The number of carbonyl (C=O) groups excluding carboxylic acids is 1. The number of aromatic amines is 1. The number of amides is 1. The Bertz CT molecular complexity index is 462. The van der Waals surface area contributed by atoms with Crippen LogP contribution in [-0.2, 0) is 4.79 Å². The van der Waals surface area contributed by atoms with Gasteiger partial charge in [-0.2, -0.15) is 0 Å². The van der Waals surface area contributed by atoms with Gasteiger partial charge in [0.2, 0.25) is 0 Å². The largest absolute Gasteiger partial charge is 0.483 e. The average molecular weight is 325 g/mol. The van der Waals surface area contributed by atoms with Crippen molar-refractivity contribution in [1.82, 2.24) is 14.8 Å². The molecule has 1 aliphatic heterocycles. The zero-order valence-corrected chi connectivity index (χ0v) is 13.8. The lowest BCUT2D eigenvalue weighted by molar-refractivity contribution is -0.122. The molecule has 1 amide bonds. The maximum Gasteiger partial charge on any atom is 0.290 e. The van der Waals surface area contributed by atoms with Gasteiger partial charge in [0.05, 0.1) is 5.56 Å². The Morgan fingerprint density at radius 1 is 1.48 bits per heavy atom. The Hall–Kier alpha value is -1.86. The molecule has 1 aromatic heterocycles. The number of carboxylic acid groups (broad SMARTS) is 1. The van der Waals surface area contributed by atoms with Crippen LogP contribution in [0.1, 0.15) is 30.6 Å². The number of nitrogens with zero attached hydrogens (tertiary/aromatic N) is 2. The lowest BCUT2D eigenvalue weighted by atomic mass is 10.1. The van der Waals surface area contributed by atoms with Crippen molar-refractivity contribution < 1.29 is 19.8 Å². The van der Waals surface area contributed by atoms with Crippen LogP contribution < -0.4 is 0 Å². The lowest BCUT2D eigenvalue weighted by Gasteiger charge is -2.42. The summed E-state index contributed by atoms with van der Waals surface area (Å²) in [4.78, 5) is 28.0. The second-order valence-corrected chi connectivity index (χ2v) is 6.01. The van der Waals surface area contributed by atoms with Gasteiger partial charge in [-0.1, -0.05) is 13.8 Å². The van der Waals surface area contributed by atoms with Crippen LogP contribution in [0.3, 0.4) is 0 Å². The highest BCUT2D eigenvalue weighted by Crippen LogP contribution is 2.17. The maximum absolute atomic E-state index is 12.4. The monoisotopic (exact) mass is 325 g/mol. The first-order valence-electron chi connectivity index (χ1n) is 7.88. The Morgan fingerprint density at radius 3 is 2.70 bits per heavy atom. The molecule has 7 nitrogen and oxygen atoms in total. The number of aliphatic hydroxyl groups is 1. The van der Waals surface area contributed by atoms with Crippen LogP contribution in [0.2, 0.25) is 0 Å². The van der Waals surface area contributed by atoms with Crippen LogP contribution in [0.25, 0.3) is 0 Å². The summed E-state index contributed by atoms with van der Waals surface area (Å²) in [6.45, 7) is 7.71. The minimum absolute atomic E-state index is 0.0818. The summed E-state index contributed by atoms with van der Waals surface area (Å²) in [5, 5.41) is 16.1. The molecule has 1 aliphatic rings. The molecule has 2 heterocycles. The number of hydrogen-bond acceptors (Lipinski definition) is 4. The zero-order valence-electron chi connectivity index (χ0n) is 13.8. The number of nitrogens with one attached hydrogen (secondary N) is 1. The van der Waals surface area contributed by atoms with E-state index < -0.39 is 0 Å². The molecule has 0 saturated carbocycles. The van der Waals surface area contributed by atoms with E-state index in [1.54, 1.807) is 12.4 Å². The van der Waals surface area contributed by atoms with Crippen molar-refractivity contribution >= 4 is 12.4 Å². The van der Waals surface area contributed by atoms with Gasteiger partial charge in [0.15, 0.2) is 0 Å². The van der Waals surface area contributed by atoms with Crippen LogP contribution in [0.15, 0.2) is 18.5 Å². The lowest BCUT2D eigenvalue weighted by Crippen LogP contribution is -2.55.